The molecule has 1 heterocycles. The Balaban J connectivity index is 1.70. The van der Waals surface area contributed by atoms with Crippen LogP contribution in [-0.2, 0) is 0 Å². The number of nitrogens with one attached hydrogen (secondary N) is 2. The monoisotopic (exact) mass is 288 g/mol. The van der Waals surface area contributed by atoms with Gasteiger partial charge in [-0.3, -0.25) is 4.79 Å². The zero-order chi connectivity index (χ0) is 14.5. The molecular weight excluding hydrogens is 264 g/mol. The van der Waals surface area contributed by atoms with Gasteiger partial charge in [-0.15, -0.1) is 0 Å². The second-order valence-corrected chi connectivity index (χ2v) is 5.97. The summed E-state index contributed by atoms with van der Waals surface area (Å²) in [6.07, 6.45) is 8.55. The average molecular weight is 288 g/mol. The van der Waals surface area contributed by atoms with E-state index >= 15 is 0 Å². The number of carbonyl (C=O) groups is 1. The third-order valence-electron chi connectivity index (χ3n) is 4.36. The van der Waals surface area contributed by atoms with Crippen molar-refractivity contribution in [1.82, 2.24) is 5.32 Å². The SMILES string of the molecule is O=C(NC1CCCCCCC1)c1cccc2c1OCCN2. The van der Waals surface area contributed by atoms with Crippen LogP contribution < -0.4 is 15.4 Å². The van der Waals surface area contributed by atoms with Crippen LogP contribution in [-0.4, -0.2) is 25.1 Å². The van der Waals surface area contributed by atoms with E-state index in [1.165, 1.54) is 32.1 Å². The molecular formula is C17H24N2O2. The first-order valence-corrected chi connectivity index (χ1v) is 8.15. The summed E-state index contributed by atoms with van der Waals surface area (Å²) in [5.74, 6) is 0.702. The Morgan fingerprint density at radius 2 is 1.90 bits per heavy atom. The van der Waals surface area contributed by atoms with E-state index in [0.717, 1.165) is 25.1 Å². The van der Waals surface area contributed by atoms with Crippen molar-refractivity contribution in [2.45, 2.75) is 51.0 Å². The molecule has 1 aromatic rings. The largest absolute Gasteiger partial charge is 0.489 e. The van der Waals surface area contributed by atoms with E-state index in [2.05, 4.69) is 10.6 Å². The van der Waals surface area contributed by atoms with Crippen molar-refractivity contribution < 1.29 is 9.53 Å². The second kappa shape index (κ2) is 6.83. The number of carbonyl (C=O) groups excluding carboxylic acids is 1. The van der Waals surface area contributed by atoms with Gasteiger partial charge in [-0.25, -0.2) is 0 Å². The smallest absolute Gasteiger partial charge is 0.255 e. The Morgan fingerprint density at radius 3 is 2.71 bits per heavy atom. The maximum absolute atomic E-state index is 12.6. The quantitative estimate of drug-likeness (QED) is 0.877. The lowest BCUT2D eigenvalue weighted by Gasteiger charge is -2.24. The lowest BCUT2D eigenvalue weighted by Crippen LogP contribution is -2.36. The van der Waals surface area contributed by atoms with Crippen molar-refractivity contribution in [3.8, 4) is 5.75 Å². The molecule has 4 heteroatoms. The summed E-state index contributed by atoms with van der Waals surface area (Å²) in [5.41, 5.74) is 1.58. The topological polar surface area (TPSA) is 50.4 Å². The fourth-order valence-corrected chi connectivity index (χ4v) is 3.21. The van der Waals surface area contributed by atoms with E-state index in [-0.39, 0.29) is 5.91 Å². The van der Waals surface area contributed by atoms with Crippen molar-refractivity contribution in [3.05, 3.63) is 23.8 Å². The van der Waals surface area contributed by atoms with Gasteiger partial charge in [-0.2, -0.15) is 0 Å². The molecule has 21 heavy (non-hydrogen) atoms. The minimum absolute atomic E-state index is 0.00104. The molecule has 114 valence electrons. The predicted octanol–water partition coefficient (Wildman–Crippen LogP) is 3.33. The number of benzene rings is 1. The first-order chi connectivity index (χ1) is 10.3. The van der Waals surface area contributed by atoms with Crippen molar-refractivity contribution >= 4 is 11.6 Å². The van der Waals surface area contributed by atoms with Crippen LogP contribution in [0.1, 0.15) is 55.3 Å². The molecule has 4 nitrogen and oxygen atoms in total. The van der Waals surface area contributed by atoms with Gasteiger partial charge in [-0.05, 0) is 25.0 Å². The molecule has 2 aliphatic rings. The molecule has 0 radical (unpaired) electrons. The number of rotatable bonds is 2. The van der Waals surface area contributed by atoms with Crippen LogP contribution in [0.15, 0.2) is 18.2 Å². The molecule has 1 aliphatic carbocycles. The zero-order valence-corrected chi connectivity index (χ0v) is 12.5. The Labute approximate surface area is 126 Å². The maximum Gasteiger partial charge on any atom is 0.255 e. The summed E-state index contributed by atoms with van der Waals surface area (Å²) in [5, 5.41) is 6.48. The minimum Gasteiger partial charge on any atom is -0.489 e. The fraction of sp³-hybridized carbons (Fsp3) is 0.588. The summed E-state index contributed by atoms with van der Waals surface area (Å²) in [7, 11) is 0. The Morgan fingerprint density at radius 1 is 1.14 bits per heavy atom. The van der Waals surface area contributed by atoms with Gasteiger partial charge < -0.3 is 15.4 Å². The summed E-state index contributed by atoms with van der Waals surface area (Å²) >= 11 is 0. The highest BCUT2D eigenvalue weighted by Gasteiger charge is 2.21. The van der Waals surface area contributed by atoms with Crippen LogP contribution in [0.3, 0.4) is 0 Å². The van der Waals surface area contributed by atoms with Crippen molar-refractivity contribution in [2.24, 2.45) is 0 Å². The van der Waals surface area contributed by atoms with Crippen molar-refractivity contribution in [3.63, 3.8) is 0 Å². The van der Waals surface area contributed by atoms with E-state index < -0.39 is 0 Å². The molecule has 0 aromatic heterocycles. The van der Waals surface area contributed by atoms with Gasteiger partial charge in [0.1, 0.15) is 6.61 Å². The van der Waals surface area contributed by atoms with E-state index in [1.54, 1.807) is 0 Å². The van der Waals surface area contributed by atoms with E-state index in [1.807, 2.05) is 18.2 Å². The number of para-hydroxylation sites is 1. The molecule has 1 fully saturated rings. The number of ether oxygens (including phenoxy) is 1. The van der Waals surface area contributed by atoms with Crippen LogP contribution >= 0.6 is 0 Å². The van der Waals surface area contributed by atoms with Crippen LogP contribution in [0.25, 0.3) is 0 Å². The first-order valence-electron chi connectivity index (χ1n) is 8.15. The Bertz CT molecular complexity index is 494. The number of hydrogen-bond donors (Lipinski definition) is 2. The van der Waals surface area contributed by atoms with Gasteiger partial charge >= 0.3 is 0 Å². The standard InChI is InChI=1S/C17H24N2O2/c20-17(19-13-7-4-2-1-3-5-8-13)14-9-6-10-15-16(14)21-12-11-18-15/h6,9-10,13,18H,1-5,7-8,11-12H2,(H,19,20). The van der Waals surface area contributed by atoms with E-state index in [0.29, 0.717) is 24.0 Å². The third-order valence-corrected chi connectivity index (χ3v) is 4.36. The highest BCUT2D eigenvalue weighted by Crippen LogP contribution is 2.31. The average Bonchev–Trinajstić information content (AvgIpc) is 2.49. The molecule has 0 spiro atoms. The molecule has 0 atom stereocenters. The molecule has 0 unspecified atom stereocenters. The maximum atomic E-state index is 12.6. The number of anilines is 1. The van der Waals surface area contributed by atoms with Gasteiger partial charge in [0, 0.05) is 12.6 Å². The molecule has 1 saturated carbocycles. The summed E-state index contributed by atoms with van der Waals surface area (Å²) in [6, 6.07) is 6.03. The third kappa shape index (κ3) is 3.49. The molecule has 1 aliphatic heterocycles. The Hall–Kier alpha value is -1.71. The molecule has 3 rings (SSSR count). The van der Waals surface area contributed by atoms with Crippen LogP contribution in [0.4, 0.5) is 5.69 Å². The van der Waals surface area contributed by atoms with Crippen LogP contribution in [0.5, 0.6) is 5.75 Å². The second-order valence-electron chi connectivity index (χ2n) is 5.97. The van der Waals surface area contributed by atoms with Gasteiger partial charge in [0.05, 0.1) is 11.3 Å². The summed E-state index contributed by atoms with van der Waals surface area (Å²) in [6.45, 7) is 1.40. The van der Waals surface area contributed by atoms with Gasteiger partial charge in [0.25, 0.3) is 5.91 Å². The van der Waals surface area contributed by atoms with Gasteiger partial charge in [0.15, 0.2) is 5.75 Å². The van der Waals surface area contributed by atoms with Gasteiger partial charge in [-0.1, -0.05) is 38.2 Å². The number of amides is 1. The highest BCUT2D eigenvalue weighted by molar-refractivity contribution is 5.99. The normalized spacial score (nSPS) is 19.4. The lowest BCUT2D eigenvalue weighted by molar-refractivity contribution is 0.0926. The molecule has 0 saturated heterocycles. The predicted molar refractivity (Wildman–Crippen MR) is 84.0 cm³/mol. The Kier molecular flexibility index (Phi) is 4.63. The number of hydrogen-bond acceptors (Lipinski definition) is 3. The van der Waals surface area contributed by atoms with Crippen LogP contribution in [0.2, 0.25) is 0 Å². The molecule has 1 aromatic carbocycles. The lowest BCUT2D eigenvalue weighted by atomic mass is 9.96. The number of fused-ring (bicyclic) bond motifs is 1. The summed E-state index contributed by atoms with van der Waals surface area (Å²) < 4.78 is 5.69. The molecule has 0 bridgehead atoms. The minimum atomic E-state index is 0.00104. The van der Waals surface area contributed by atoms with Crippen molar-refractivity contribution in [1.29, 1.82) is 0 Å². The van der Waals surface area contributed by atoms with Gasteiger partial charge in [0.2, 0.25) is 0 Å². The first kappa shape index (κ1) is 14.2. The van der Waals surface area contributed by atoms with Crippen LogP contribution in [0, 0.1) is 0 Å². The zero-order valence-electron chi connectivity index (χ0n) is 12.5. The molecule has 2 N–H and O–H groups in total. The fourth-order valence-electron chi connectivity index (χ4n) is 3.21. The summed E-state index contributed by atoms with van der Waals surface area (Å²) in [4.78, 5) is 12.6. The van der Waals surface area contributed by atoms with E-state index in [4.69, 9.17) is 4.74 Å². The van der Waals surface area contributed by atoms with E-state index in [9.17, 15) is 4.79 Å². The van der Waals surface area contributed by atoms with Crippen molar-refractivity contribution in [2.75, 3.05) is 18.5 Å². The highest BCUT2D eigenvalue weighted by atomic mass is 16.5. The molecule has 1 amide bonds.